The summed E-state index contributed by atoms with van der Waals surface area (Å²) in [4.78, 5) is 5.52. The lowest BCUT2D eigenvalue weighted by Crippen LogP contribution is -2.28. The first-order valence-electron chi connectivity index (χ1n) is 7.78. The highest BCUT2D eigenvalue weighted by Gasteiger charge is 2.03. The second-order valence-corrected chi connectivity index (χ2v) is 7.69. The smallest absolute Gasteiger partial charge is 0.171 e. The Morgan fingerprint density at radius 3 is 2.46 bits per heavy atom. The molecule has 0 saturated carbocycles. The summed E-state index contributed by atoms with van der Waals surface area (Å²) >= 11 is 18.9. The summed E-state index contributed by atoms with van der Waals surface area (Å²) in [7, 11) is 0. The standard InChI is InChI=1S/C19H15Cl2N3S2/c20-14-5-8-16(9-6-14)26-18-10-7-15(12-22-18)24-19(25)23-11-13-3-1-2-4-17(13)21/h1-10,12H,11H2,(H2,23,24,25). The number of halogens is 2. The molecule has 0 spiro atoms. The largest absolute Gasteiger partial charge is 0.358 e. The van der Waals surface area contributed by atoms with Crippen LogP contribution in [0.2, 0.25) is 10.0 Å². The maximum atomic E-state index is 6.14. The van der Waals surface area contributed by atoms with E-state index in [9.17, 15) is 0 Å². The molecule has 0 aliphatic heterocycles. The molecule has 3 aromatic rings. The summed E-state index contributed by atoms with van der Waals surface area (Å²) < 4.78 is 0. The Hall–Kier alpha value is -1.79. The van der Waals surface area contributed by atoms with E-state index in [4.69, 9.17) is 35.4 Å². The van der Waals surface area contributed by atoms with Crippen LogP contribution in [0.15, 0.2) is 76.8 Å². The Morgan fingerprint density at radius 1 is 1.00 bits per heavy atom. The zero-order valence-corrected chi connectivity index (χ0v) is 16.7. The van der Waals surface area contributed by atoms with Crippen LogP contribution in [-0.4, -0.2) is 10.1 Å². The van der Waals surface area contributed by atoms with Crippen molar-refractivity contribution < 1.29 is 0 Å². The predicted molar refractivity (Wildman–Crippen MR) is 114 cm³/mol. The van der Waals surface area contributed by atoms with Crippen LogP contribution in [0.4, 0.5) is 5.69 Å². The molecule has 0 unspecified atom stereocenters. The van der Waals surface area contributed by atoms with E-state index in [0.717, 1.165) is 26.2 Å². The quantitative estimate of drug-likeness (QED) is 0.493. The highest BCUT2D eigenvalue weighted by Crippen LogP contribution is 2.27. The molecule has 7 heteroatoms. The van der Waals surface area contributed by atoms with Gasteiger partial charge in [0.2, 0.25) is 0 Å². The van der Waals surface area contributed by atoms with Gasteiger partial charge < -0.3 is 10.6 Å². The van der Waals surface area contributed by atoms with E-state index in [1.54, 1.807) is 18.0 Å². The van der Waals surface area contributed by atoms with Crippen LogP contribution in [0.25, 0.3) is 0 Å². The van der Waals surface area contributed by atoms with Crippen molar-refractivity contribution in [3.63, 3.8) is 0 Å². The summed E-state index contributed by atoms with van der Waals surface area (Å²) in [5, 5.41) is 9.11. The van der Waals surface area contributed by atoms with Gasteiger partial charge in [-0.2, -0.15) is 0 Å². The van der Waals surface area contributed by atoms with Gasteiger partial charge in [0.15, 0.2) is 5.11 Å². The predicted octanol–water partition coefficient (Wildman–Crippen LogP) is 6.03. The van der Waals surface area contributed by atoms with Crippen molar-refractivity contribution in [1.82, 2.24) is 10.3 Å². The van der Waals surface area contributed by atoms with Gasteiger partial charge in [0.05, 0.1) is 11.9 Å². The first-order valence-corrected chi connectivity index (χ1v) is 9.76. The van der Waals surface area contributed by atoms with Gasteiger partial charge in [0, 0.05) is 21.5 Å². The van der Waals surface area contributed by atoms with Gasteiger partial charge in [0.25, 0.3) is 0 Å². The minimum Gasteiger partial charge on any atom is -0.358 e. The normalized spacial score (nSPS) is 10.4. The van der Waals surface area contributed by atoms with E-state index in [1.165, 1.54) is 0 Å². The van der Waals surface area contributed by atoms with Crippen LogP contribution in [0.3, 0.4) is 0 Å². The van der Waals surface area contributed by atoms with Gasteiger partial charge in [-0.05, 0) is 60.2 Å². The SMILES string of the molecule is S=C(NCc1ccccc1Cl)Nc1ccc(Sc2ccc(Cl)cc2)nc1. The molecule has 0 radical (unpaired) electrons. The lowest BCUT2D eigenvalue weighted by Gasteiger charge is -2.11. The van der Waals surface area contributed by atoms with Gasteiger partial charge in [0.1, 0.15) is 5.03 Å². The molecule has 1 aromatic heterocycles. The maximum absolute atomic E-state index is 6.14. The van der Waals surface area contributed by atoms with Gasteiger partial charge in [-0.3, -0.25) is 0 Å². The molecule has 0 aliphatic carbocycles. The molecule has 3 nitrogen and oxygen atoms in total. The van der Waals surface area contributed by atoms with E-state index in [-0.39, 0.29) is 0 Å². The number of thiocarbonyl (C=S) groups is 1. The van der Waals surface area contributed by atoms with Crippen LogP contribution in [0.1, 0.15) is 5.56 Å². The van der Waals surface area contributed by atoms with Crippen molar-refractivity contribution >= 4 is 58.0 Å². The van der Waals surface area contributed by atoms with Crippen LogP contribution in [0.5, 0.6) is 0 Å². The Labute approximate surface area is 172 Å². The number of nitrogens with zero attached hydrogens (tertiary/aromatic N) is 1. The fraction of sp³-hybridized carbons (Fsp3) is 0.0526. The lowest BCUT2D eigenvalue weighted by molar-refractivity contribution is 0.925. The average Bonchev–Trinajstić information content (AvgIpc) is 2.64. The fourth-order valence-corrected chi connectivity index (χ4v) is 3.40. The number of anilines is 1. The first kappa shape index (κ1) is 19.0. The third-order valence-corrected chi connectivity index (χ3v) is 5.25. The molecule has 3 rings (SSSR count). The van der Waals surface area contributed by atoms with E-state index in [0.29, 0.717) is 16.7 Å². The van der Waals surface area contributed by atoms with Crippen molar-refractivity contribution in [2.45, 2.75) is 16.5 Å². The molecule has 2 N–H and O–H groups in total. The molecule has 0 saturated heterocycles. The Morgan fingerprint density at radius 2 is 1.77 bits per heavy atom. The van der Waals surface area contributed by atoms with E-state index < -0.39 is 0 Å². The number of aromatic nitrogens is 1. The number of benzene rings is 2. The van der Waals surface area contributed by atoms with Crippen molar-refractivity contribution in [3.8, 4) is 0 Å². The Kier molecular flexibility index (Phi) is 6.74. The summed E-state index contributed by atoms with van der Waals surface area (Å²) in [5.74, 6) is 0. The second kappa shape index (κ2) is 9.24. The van der Waals surface area contributed by atoms with Crippen molar-refractivity contribution in [2.75, 3.05) is 5.32 Å². The second-order valence-electron chi connectivity index (χ2n) is 5.34. The molecule has 0 aliphatic rings. The molecule has 132 valence electrons. The molecule has 0 amide bonds. The Bertz CT molecular complexity index is 884. The zero-order valence-electron chi connectivity index (χ0n) is 13.6. The van der Waals surface area contributed by atoms with Crippen LogP contribution in [-0.2, 0) is 6.54 Å². The molecule has 26 heavy (non-hydrogen) atoms. The van der Waals surface area contributed by atoms with Crippen molar-refractivity contribution in [1.29, 1.82) is 0 Å². The van der Waals surface area contributed by atoms with Gasteiger partial charge in [-0.15, -0.1) is 0 Å². The average molecular weight is 420 g/mol. The highest BCUT2D eigenvalue weighted by atomic mass is 35.5. The molecule has 0 bridgehead atoms. The van der Waals surface area contributed by atoms with Crippen LogP contribution in [0, 0.1) is 0 Å². The number of hydrogen-bond donors (Lipinski definition) is 2. The first-order chi connectivity index (χ1) is 12.6. The van der Waals surface area contributed by atoms with E-state index in [2.05, 4.69) is 15.6 Å². The molecule has 1 heterocycles. The van der Waals surface area contributed by atoms with Crippen LogP contribution < -0.4 is 10.6 Å². The lowest BCUT2D eigenvalue weighted by atomic mass is 10.2. The molecule has 2 aromatic carbocycles. The molecular weight excluding hydrogens is 405 g/mol. The number of pyridine rings is 1. The molecular formula is C19H15Cl2N3S2. The third kappa shape index (κ3) is 5.61. The number of rotatable bonds is 5. The van der Waals surface area contributed by atoms with Crippen molar-refractivity contribution in [2.24, 2.45) is 0 Å². The fourth-order valence-electron chi connectivity index (χ4n) is 2.13. The van der Waals surface area contributed by atoms with Gasteiger partial charge in [-0.25, -0.2) is 4.98 Å². The third-order valence-electron chi connectivity index (χ3n) is 3.43. The minimum absolute atomic E-state index is 0.518. The topological polar surface area (TPSA) is 37.0 Å². The van der Waals surface area contributed by atoms with Crippen LogP contribution >= 0.6 is 47.2 Å². The zero-order chi connectivity index (χ0) is 18.4. The summed E-state index contributed by atoms with van der Waals surface area (Å²) in [6.45, 7) is 0.559. The minimum atomic E-state index is 0.518. The molecule has 0 atom stereocenters. The van der Waals surface area contributed by atoms with E-state index in [1.807, 2.05) is 60.7 Å². The number of hydrogen-bond acceptors (Lipinski definition) is 3. The maximum Gasteiger partial charge on any atom is 0.171 e. The highest BCUT2D eigenvalue weighted by molar-refractivity contribution is 7.99. The van der Waals surface area contributed by atoms with Crippen molar-refractivity contribution in [3.05, 3.63) is 82.5 Å². The Balaban J connectivity index is 1.52. The van der Waals surface area contributed by atoms with E-state index >= 15 is 0 Å². The van der Waals surface area contributed by atoms with Gasteiger partial charge >= 0.3 is 0 Å². The summed E-state index contributed by atoms with van der Waals surface area (Å²) in [5.41, 5.74) is 1.81. The summed E-state index contributed by atoms with van der Waals surface area (Å²) in [6.07, 6.45) is 1.75. The number of nitrogens with one attached hydrogen (secondary N) is 2. The molecule has 0 fully saturated rings. The summed E-state index contributed by atoms with van der Waals surface area (Å²) in [6, 6.07) is 19.2. The van der Waals surface area contributed by atoms with Gasteiger partial charge in [-0.1, -0.05) is 53.2 Å². The monoisotopic (exact) mass is 419 g/mol.